The predicted octanol–water partition coefficient (Wildman–Crippen LogP) is 10.6. The van der Waals surface area contributed by atoms with Gasteiger partial charge in [0.15, 0.2) is 33.2 Å². The number of primary amides is 1. The monoisotopic (exact) mass is 1960 g/mol. The van der Waals surface area contributed by atoms with Gasteiger partial charge < -0.3 is 70.9 Å². The molecule has 4 aliphatic heterocycles. The molecule has 8 saturated carbocycles. The van der Waals surface area contributed by atoms with Gasteiger partial charge in [0.1, 0.15) is 0 Å². The molecule has 32 heteroatoms. The van der Waals surface area contributed by atoms with Crippen molar-refractivity contribution in [3.8, 4) is 47.4 Å². The lowest BCUT2D eigenvalue weighted by molar-refractivity contribution is -0.144. The van der Waals surface area contributed by atoms with Crippen LogP contribution in [0.25, 0.3) is 0 Å². The van der Waals surface area contributed by atoms with Crippen LogP contribution in [0.4, 0.5) is 9.59 Å². The summed E-state index contributed by atoms with van der Waals surface area (Å²) < 4.78 is 36.2. The third-order valence-corrected chi connectivity index (χ3v) is 31.7. The van der Waals surface area contributed by atoms with E-state index < -0.39 is 51.5 Å². The van der Waals surface area contributed by atoms with Crippen LogP contribution in [0.15, 0.2) is 77.8 Å². The average Bonchev–Trinajstić information content (AvgIpc) is 1.53. The molecule has 3 saturated heterocycles. The SMILES string of the molecule is CCO.COC(=O)CCBr.COC(=O)CCN1C(=O)C2(NC1=S)c1cc(C#CC3CC3)ccc1CC21CCC(OC)CC1.COC(=O)CCN1C(=O)NC2(C1=O)c1cc(C#CC3CC3)ccc1CC21CCC(OC)CC1.COC1CCC2(CC1)Cc1ccc(C#CC3CC3)cc1C21N=C(N)N(CCC(N)=O)C1=O.COC1CCC2(CC1)Cc1ccc(C#CC3CC3)cc1C21NC(=O)NC1=O.NO. The van der Waals surface area contributed by atoms with Gasteiger partial charge in [-0.25, -0.2) is 20.5 Å². The van der Waals surface area contributed by atoms with Crippen molar-refractivity contribution >= 4 is 98.7 Å². The molecule has 732 valence electrons. The Morgan fingerprint density at radius 1 is 0.445 bits per heavy atom. The molecule has 9 amide bonds. The Balaban J connectivity index is 0.000000140. The first kappa shape index (κ1) is 102. The van der Waals surface area contributed by atoms with E-state index in [0.29, 0.717) is 40.5 Å². The zero-order valence-electron chi connectivity index (χ0n) is 79.9. The molecular formula is C105H130BrN11O19S. The molecule has 0 radical (unpaired) electrons. The minimum atomic E-state index is -1.13. The van der Waals surface area contributed by atoms with Gasteiger partial charge in [-0.15, -0.1) is 0 Å². The standard InChI is InChI=1S/C26H30N2O5.C26H30N2O4S.C25H30N4O3.C22H24N2O3.C4H7BrO2.C2H6O.H3NO/c1-32-20-9-12-25(13-10-20)16-19-8-7-18(6-5-17-3-4-17)15-21(19)26(25)23(30)28(24(31)27-26)14-11-22(29)33-2;1-31-20-9-12-25(13-10-20)16-19-8-7-18(6-5-17-3-4-17)15-21(19)26(25)23(30)28(24(33)27-26)14-11-22(29)32-2;1-32-19-8-11-24(12-9-19)15-18-7-6-17(5-4-16-2-3-16)14-20(18)25(24)22(31)29(23(27)28-25)13-10-21(26)30;1-27-17-8-10-21(11-9-17)13-16-7-6-15(5-4-14-2-3-14)12-18(16)22(21)19(25)23-20(26)24-22;1-7-4(6)2-3-5;1-2-3;1-2/h7-8,15,17,20H,3-4,9-14,16H2,1-2H3,(H,27,31);7-8,15,17,20H,3-4,9-14,16H2,1-2H3,(H,27,33);6-7,14,16,19H,2-3,8-13,15H2,1H3,(H2,26,30)(H2,27,28);6-7,12,14,17H,2-3,8-11,13H2,1H3,(H2,23,24,25,26);2-3H2,1H3;3H,2H2,1H3;2H,1H2. The lowest BCUT2D eigenvalue weighted by Gasteiger charge is -2.46. The van der Waals surface area contributed by atoms with Gasteiger partial charge in [0.25, 0.3) is 23.6 Å². The summed E-state index contributed by atoms with van der Waals surface area (Å²) in [5, 5.41) is 27.3. The van der Waals surface area contributed by atoms with E-state index in [4.69, 9.17) is 67.4 Å². The van der Waals surface area contributed by atoms with E-state index in [0.717, 1.165) is 202 Å². The van der Waals surface area contributed by atoms with Gasteiger partial charge in [-0.3, -0.25) is 58.4 Å². The van der Waals surface area contributed by atoms with Gasteiger partial charge in [-0.2, -0.15) is 0 Å². The number of aliphatic imine (C=N–C) groups is 1. The van der Waals surface area contributed by atoms with Gasteiger partial charge in [-0.05, 0) is 292 Å². The highest BCUT2D eigenvalue weighted by Crippen LogP contribution is 2.65. The maximum Gasteiger partial charge on any atom is 0.325 e. The second kappa shape index (κ2) is 43.4. The number of alkyl halides is 1. The molecule has 4 aromatic rings. The quantitative estimate of drug-likeness (QED) is 0.0102. The molecule has 30 nitrogen and oxygen atoms in total. The van der Waals surface area contributed by atoms with Gasteiger partial charge >= 0.3 is 30.0 Å². The molecule has 0 aromatic heterocycles. The fourth-order valence-corrected chi connectivity index (χ4v) is 23.7. The molecule has 11 fully saturated rings. The Labute approximate surface area is 816 Å². The van der Waals surface area contributed by atoms with E-state index in [2.05, 4.69) is 144 Å². The zero-order valence-corrected chi connectivity index (χ0v) is 82.3. The Morgan fingerprint density at radius 2 is 0.766 bits per heavy atom. The summed E-state index contributed by atoms with van der Waals surface area (Å²) in [5.74, 6) is 29.9. The smallest absolute Gasteiger partial charge is 0.325 e. The van der Waals surface area contributed by atoms with E-state index in [-0.39, 0.29) is 128 Å². The van der Waals surface area contributed by atoms with Gasteiger partial charge in [0.05, 0.1) is 65.0 Å². The first-order valence-electron chi connectivity index (χ1n) is 48.2. The van der Waals surface area contributed by atoms with Crippen molar-refractivity contribution in [3.05, 3.63) is 140 Å². The Bertz CT molecular complexity index is 5420. The van der Waals surface area contributed by atoms with Crippen LogP contribution < -0.4 is 38.6 Å². The number of benzene rings is 4. The van der Waals surface area contributed by atoms with Crippen LogP contribution >= 0.6 is 28.1 Å². The summed E-state index contributed by atoms with van der Waals surface area (Å²) in [7, 11) is 11.0. The number of esters is 3. The summed E-state index contributed by atoms with van der Waals surface area (Å²) in [4.78, 5) is 135. The number of guanidine groups is 1. The van der Waals surface area contributed by atoms with Gasteiger partial charge in [0.2, 0.25) is 5.91 Å². The summed E-state index contributed by atoms with van der Waals surface area (Å²) in [5.41, 5.74) is 18.1. The lowest BCUT2D eigenvalue weighted by atomic mass is 9.61. The molecule has 4 heterocycles. The van der Waals surface area contributed by atoms with Crippen LogP contribution in [0, 0.1) is 92.7 Å². The van der Waals surface area contributed by atoms with Crippen LogP contribution in [-0.4, -0.2) is 201 Å². The number of nitrogens with one attached hydrogen (secondary N) is 4. The number of methoxy groups -OCH3 is 7. The number of ether oxygens (including phenoxy) is 7. The third-order valence-electron chi connectivity index (χ3n) is 31.0. The van der Waals surface area contributed by atoms with E-state index in [1.54, 1.807) is 40.3 Å². The molecule has 12 aliphatic carbocycles. The number of aliphatic hydroxyl groups excluding tert-OH is 1. The number of hydrogen-bond donors (Lipinski definition) is 9. The molecule has 4 unspecified atom stereocenters. The fraction of sp³-hybridized carbons (Fsp3) is 0.581. The number of carbonyl (C=O) groups excluding carboxylic acids is 10. The van der Waals surface area contributed by atoms with Crippen molar-refractivity contribution in [2.45, 2.75) is 259 Å². The number of halogens is 1. The fourth-order valence-electron chi connectivity index (χ4n) is 23.1. The third kappa shape index (κ3) is 20.5. The number of urea groups is 2. The van der Waals surface area contributed by atoms with Gasteiger partial charge in [-0.1, -0.05) is 87.6 Å². The molecule has 4 atom stereocenters. The Hall–Kier alpha value is -10.6. The van der Waals surface area contributed by atoms with E-state index in [9.17, 15) is 47.9 Å². The van der Waals surface area contributed by atoms with Crippen LogP contribution in [0.1, 0.15) is 253 Å². The minimum Gasteiger partial charge on any atom is -0.469 e. The van der Waals surface area contributed by atoms with E-state index in [1.807, 2.05) is 24.3 Å². The number of nitrogens with two attached hydrogens (primary N) is 3. The van der Waals surface area contributed by atoms with E-state index in [1.165, 1.54) is 75.2 Å². The largest absolute Gasteiger partial charge is 0.469 e. The number of carbonyl (C=O) groups is 10. The van der Waals surface area contributed by atoms with Crippen LogP contribution in [0.2, 0.25) is 0 Å². The highest BCUT2D eigenvalue weighted by molar-refractivity contribution is 9.09. The Morgan fingerprint density at radius 3 is 1.11 bits per heavy atom. The normalized spacial score (nSPS) is 29.1. The van der Waals surface area contributed by atoms with Crippen molar-refractivity contribution in [1.82, 2.24) is 36.0 Å². The first-order valence-corrected chi connectivity index (χ1v) is 49.8. The molecule has 0 bridgehead atoms. The number of imide groups is 2. The van der Waals surface area contributed by atoms with Crippen molar-refractivity contribution in [2.24, 2.45) is 67.7 Å². The highest BCUT2D eigenvalue weighted by Gasteiger charge is 2.72. The highest BCUT2D eigenvalue weighted by atomic mass is 79.9. The van der Waals surface area contributed by atoms with E-state index >= 15 is 0 Å². The maximum absolute atomic E-state index is 14.2. The van der Waals surface area contributed by atoms with Crippen molar-refractivity contribution in [1.29, 1.82) is 0 Å². The summed E-state index contributed by atoms with van der Waals surface area (Å²) in [6.45, 7) is 2.30. The number of nitrogens with zero attached hydrogens (tertiary/aromatic N) is 4. The molecule has 137 heavy (non-hydrogen) atoms. The van der Waals surface area contributed by atoms with Crippen LogP contribution in [0.3, 0.4) is 0 Å². The number of aliphatic hydroxyl groups is 1. The number of rotatable bonds is 15. The number of hydrogen-bond acceptors (Lipinski definition) is 23. The number of thiocarbonyl (C=S) groups is 1. The lowest BCUT2D eigenvalue weighted by Crippen LogP contribution is -2.56. The van der Waals surface area contributed by atoms with Gasteiger partial charge in [0, 0.05) is 134 Å². The van der Waals surface area contributed by atoms with Crippen LogP contribution in [-0.2, 0) is 119 Å². The average molecular weight is 1960 g/mol. The molecule has 12 N–H and O–H groups in total. The first-order chi connectivity index (χ1) is 66.0. The molecule has 16 aliphatic rings. The van der Waals surface area contributed by atoms with Crippen LogP contribution in [0.5, 0.6) is 0 Å². The summed E-state index contributed by atoms with van der Waals surface area (Å²) >= 11 is 8.75. The summed E-state index contributed by atoms with van der Waals surface area (Å²) in [6.07, 6.45) is 27.6. The zero-order chi connectivity index (χ0) is 98.0. The predicted molar refractivity (Wildman–Crippen MR) is 516 cm³/mol. The molecule has 8 spiro atoms. The maximum atomic E-state index is 14.2. The Kier molecular flexibility index (Phi) is 32.4. The second-order valence-electron chi connectivity index (χ2n) is 39.0. The van der Waals surface area contributed by atoms with Crippen molar-refractivity contribution in [3.63, 3.8) is 0 Å². The molecule has 4 aromatic carbocycles. The molecular weight excluding hydrogens is 1830 g/mol. The summed E-state index contributed by atoms with van der Waals surface area (Å²) in [6, 6.07) is 24.0. The second-order valence-corrected chi connectivity index (χ2v) is 40.2. The topological polar surface area (TPSA) is 424 Å². The van der Waals surface area contributed by atoms with Crippen molar-refractivity contribution < 1.29 is 91.4 Å². The number of amides is 9. The molecule has 20 rings (SSSR count). The van der Waals surface area contributed by atoms with Crippen molar-refractivity contribution in [2.75, 3.05) is 81.3 Å². The minimum absolute atomic E-state index is 0.00633. The number of fused-ring (bicyclic) bond motifs is 12.